The van der Waals surface area contributed by atoms with E-state index in [0.717, 1.165) is 49.5 Å². The molecule has 38 heavy (non-hydrogen) atoms. The monoisotopic (exact) mass is 561 g/mol. The Balaban J connectivity index is 1.37. The molecular formula is C27H36ClN5O4S. The molecule has 206 valence electrons. The molecule has 1 N–H and O–H groups in total. The van der Waals surface area contributed by atoms with E-state index in [1.165, 1.54) is 18.9 Å². The Labute approximate surface area is 233 Å². The second-order valence-electron chi connectivity index (χ2n) is 11.4. The molecule has 0 bridgehead atoms. The summed E-state index contributed by atoms with van der Waals surface area (Å²) in [5, 5.41) is 11.4. The number of halogens is 1. The largest absolute Gasteiger partial charge is 0.464 e. The van der Waals surface area contributed by atoms with Crippen molar-refractivity contribution in [2.24, 2.45) is 11.3 Å². The molecule has 1 atom stereocenters. The minimum Gasteiger partial charge on any atom is -0.464 e. The molecule has 5 heterocycles. The lowest BCUT2D eigenvalue weighted by Gasteiger charge is -2.46. The van der Waals surface area contributed by atoms with Crippen molar-refractivity contribution >= 4 is 41.0 Å². The molecule has 3 saturated heterocycles. The molecule has 3 aliphatic heterocycles. The quantitative estimate of drug-likeness (QED) is 0.511. The summed E-state index contributed by atoms with van der Waals surface area (Å²) in [4.78, 5) is 31.9. The van der Waals surface area contributed by atoms with Crippen molar-refractivity contribution in [2.75, 3.05) is 49.7 Å². The minimum absolute atomic E-state index is 0.161. The molecule has 1 spiro atoms. The topological polar surface area (TPSA) is 101 Å². The summed E-state index contributed by atoms with van der Waals surface area (Å²) in [7, 11) is 1.36. The highest BCUT2D eigenvalue weighted by atomic mass is 35.5. The van der Waals surface area contributed by atoms with Crippen molar-refractivity contribution in [1.29, 1.82) is 0 Å². The van der Waals surface area contributed by atoms with Crippen LogP contribution in [-0.4, -0.2) is 77.6 Å². The van der Waals surface area contributed by atoms with E-state index in [1.807, 2.05) is 26.8 Å². The molecule has 9 nitrogen and oxygen atoms in total. The Bertz CT molecular complexity index is 1210. The van der Waals surface area contributed by atoms with E-state index in [0.29, 0.717) is 40.9 Å². The molecule has 0 unspecified atom stereocenters. The number of methoxy groups -OCH3 is 1. The van der Waals surface area contributed by atoms with Crippen molar-refractivity contribution in [3.05, 3.63) is 28.7 Å². The van der Waals surface area contributed by atoms with Gasteiger partial charge in [-0.05, 0) is 58.4 Å². The first-order valence-electron chi connectivity index (χ1n) is 13.1. The number of esters is 1. The zero-order chi connectivity index (χ0) is 27.2. The molecule has 3 aliphatic rings. The first kappa shape index (κ1) is 27.4. The molecule has 0 radical (unpaired) electrons. The molecule has 5 rings (SSSR count). The summed E-state index contributed by atoms with van der Waals surface area (Å²) in [5.74, 6) is 0.904. The number of hydrogen-bond acceptors (Lipinski definition) is 10. The van der Waals surface area contributed by atoms with Crippen LogP contribution in [0.1, 0.15) is 56.2 Å². The lowest BCUT2D eigenvalue weighted by molar-refractivity contribution is 0.00437. The first-order chi connectivity index (χ1) is 18.0. The zero-order valence-corrected chi connectivity index (χ0v) is 24.2. The Morgan fingerprint density at radius 3 is 2.55 bits per heavy atom. The van der Waals surface area contributed by atoms with Gasteiger partial charge < -0.3 is 24.4 Å². The second kappa shape index (κ2) is 10.4. The van der Waals surface area contributed by atoms with Crippen LogP contribution in [0, 0.1) is 18.3 Å². The van der Waals surface area contributed by atoms with Gasteiger partial charge in [0, 0.05) is 43.2 Å². The number of anilines is 2. The predicted octanol–water partition coefficient (Wildman–Crippen LogP) is 4.37. The van der Waals surface area contributed by atoms with E-state index in [9.17, 15) is 9.90 Å². The molecule has 0 aliphatic carbocycles. The minimum atomic E-state index is -0.744. The van der Waals surface area contributed by atoms with Crippen molar-refractivity contribution in [3.63, 3.8) is 0 Å². The number of aliphatic hydroxyl groups is 1. The van der Waals surface area contributed by atoms with E-state index in [4.69, 9.17) is 31.0 Å². The van der Waals surface area contributed by atoms with Gasteiger partial charge in [0.15, 0.2) is 11.5 Å². The van der Waals surface area contributed by atoms with Crippen LogP contribution in [0.2, 0.25) is 5.02 Å². The lowest BCUT2D eigenvalue weighted by atomic mass is 9.77. The van der Waals surface area contributed by atoms with Crippen LogP contribution < -0.4 is 9.80 Å². The number of piperidine rings is 1. The predicted molar refractivity (Wildman–Crippen MR) is 147 cm³/mol. The van der Waals surface area contributed by atoms with Gasteiger partial charge >= 0.3 is 5.97 Å². The average molecular weight is 562 g/mol. The lowest BCUT2D eigenvalue weighted by Crippen LogP contribution is -2.56. The normalized spacial score (nSPS) is 21.6. The number of carbonyl (C=O) groups excluding carboxylic acids is 1. The van der Waals surface area contributed by atoms with Gasteiger partial charge in [0.1, 0.15) is 10.8 Å². The Morgan fingerprint density at radius 1 is 1.24 bits per heavy atom. The molecule has 11 heteroatoms. The highest BCUT2D eigenvalue weighted by molar-refractivity contribution is 7.99. The van der Waals surface area contributed by atoms with E-state index in [-0.39, 0.29) is 17.0 Å². The highest BCUT2D eigenvalue weighted by Gasteiger charge is 2.42. The van der Waals surface area contributed by atoms with Crippen molar-refractivity contribution < 1.29 is 19.4 Å². The molecule has 3 fully saturated rings. The van der Waals surface area contributed by atoms with Crippen LogP contribution in [0.3, 0.4) is 0 Å². The van der Waals surface area contributed by atoms with Gasteiger partial charge in [0.2, 0.25) is 0 Å². The average Bonchev–Trinajstić information content (AvgIpc) is 3.20. The van der Waals surface area contributed by atoms with Gasteiger partial charge in [-0.15, -0.1) is 0 Å². The smallest absolute Gasteiger partial charge is 0.360 e. The number of hydrogen-bond donors (Lipinski definition) is 1. The van der Waals surface area contributed by atoms with Crippen LogP contribution in [0.5, 0.6) is 0 Å². The molecule has 0 aromatic carbocycles. The van der Waals surface area contributed by atoms with Crippen molar-refractivity contribution in [1.82, 2.24) is 15.0 Å². The van der Waals surface area contributed by atoms with Crippen LogP contribution >= 0.6 is 23.4 Å². The number of rotatable bonds is 6. The summed E-state index contributed by atoms with van der Waals surface area (Å²) in [6.45, 7) is 11.4. The summed E-state index contributed by atoms with van der Waals surface area (Å²) in [6.07, 6.45) is 5.09. The summed E-state index contributed by atoms with van der Waals surface area (Å²) < 4.78 is 11.0. The number of carbonyl (C=O) groups is 1. The van der Waals surface area contributed by atoms with Crippen LogP contribution in [0.15, 0.2) is 22.2 Å². The molecule has 0 saturated carbocycles. The summed E-state index contributed by atoms with van der Waals surface area (Å²) in [6, 6.07) is 1.84. The SMILES string of the molecule is COC(=O)c1nc(Sc2ccnc(N3CC(C(C)(C)O)C3)c2Cl)c(C)nc1N1CCC2(CC1)CO[C@@H](C)C2. The standard InChI is InChI=1S/C27H36ClN5O4S/c1-16-12-27(15-37-16)7-10-32(11-8-27)23-21(25(34)36-5)31-24(17(2)30-23)38-19-6-9-29-22(20(19)28)33-13-18(14-33)26(3,4)35/h6,9,16,18,35H,7-8,10-15H2,1-5H3/t16-/m0/s1. The second-order valence-corrected chi connectivity index (χ2v) is 12.8. The maximum atomic E-state index is 12.8. The van der Waals surface area contributed by atoms with E-state index >= 15 is 0 Å². The number of aromatic nitrogens is 3. The number of nitrogens with zero attached hydrogens (tertiary/aromatic N) is 5. The van der Waals surface area contributed by atoms with Crippen molar-refractivity contribution in [2.45, 2.75) is 68.6 Å². The van der Waals surface area contributed by atoms with Crippen LogP contribution in [-0.2, 0) is 9.47 Å². The van der Waals surface area contributed by atoms with Crippen LogP contribution in [0.25, 0.3) is 0 Å². The van der Waals surface area contributed by atoms with E-state index < -0.39 is 11.6 Å². The zero-order valence-electron chi connectivity index (χ0n) is 22.7. The number of pyridine rings is 1. The molecule has 0 amide bonds. The fourth-order valence-electron chi connectivity index (χ4n) is 5.55. The van der Waals surface area contributed by atoms with Gasteiger partial charge in [0.05, 0.1) is 36.1 Å². The maximum Gasteiger partial charge on any atom is 0.360 e. The Hall–Kier alpha value is -2.14. The van der Waals surface area contributed by atoms with Gasteiger partial charge in [-0.25, -0.2) is 19.7 Å². The first-order valence-corrected chi connectivity index (χ1v) is 14.3. The third-order valence-electron chi connectivity index (χ3n) is 8.13. The number of ether oxygens (including phenoxy) is 2. The third-order valence-corrected chi connectivity index (χ3v) is 9.75. The van der Waals surface area contributed by atoms with Gasteiger partial charge in [-0.3, -0.25) is 0 Å². The van der Waals surface area contributed by atoms with E-state index in [1.54, 1.807) is 6.20 Å². The highest BCUT2D eigenvalue weighted by Crippen LogP contribution is 2.44. The Kier molecular flexibility index (Phi) is 7.54. The van der Waals surface area contributed by atoms with Gasteiger partial charge in [0.25, 0.3) is 0 Å². The Morgan fingerprint density at radius 2 is 1.95 bits per heavy atom. The fraction of sp³-hybridized carbons (Fsp3) is 0.630. The van der Waals surface area contributed by atoms with Gasteiger partial charge in [-0.2, -0.15) is 0 Å². The third kappa shape index (κ3) is 5.33. The summed E-state index contributed by atoms with van der Waals surface area (Å²) >= 11 is 8.15. The summed E-state index contributed by atoms with van der Waals surface area (Å²) in [5.41, 5.74) is 0.412. The van der Waals surface area contributed by atoms with Gasteiger partial charge in [-0.1, -0.05) is 23.4 Å². The molecule has 2 aromatic heterocycles. The maximum absolute atomic E-state index is 12.8. The van der Waals surface area contributed by atoms with E-state index in [2.05, 4.69) is 21.7 Å². The van der Waals surface area contributed by atoms with Crippen LogP contribution in [0.4, 0.5) is 11.6 Å². The molecule has 2 aromatic rings. The van der Waals surface area contributed by atoms with Crippen molar-refractivity contribution in [3.8, 4) is 0 Å². The fourth-order valence-corrected chi connectivity index (χ4v) is 6.74. The molecular weight excluding hydrogens is 526 g/mol. The number of aryl methyl sites for hydroxylation is 1.